The number of carbonyl (C=O) groups excluding carboxylic acids is 2. The summed E-state index contributed by atoms with van der Waals surface area (Å²) in [6, 6.07) is 15.2. The van der Waals surface area contributed by atoms with Gasteiger partial charge in [0.2, 0.25) is 0 Å². The summed E-state index contributed by atoms with van der Waals surface area (Å²) in [7, 11) is 0. The maximum atomic E-state index is 13.2. The Morgan fingerprint density at radius 2 is 1.56 bits per heavy atom. The molecule has 0 aliphatic carbocycles. The van der Waals surface area contributed by atoms with Crippen LogP contribution in [0.2, 0.25) is 10.0 Å². The Kier molecular flexibility index (Phi) is 5.71. The smallest absolute Gasteiger partial charge is 0.300 e. The number of amides is 1. The van der Waals surface area contributed by atoms with Gasteiger partial charge in [0.25, 0.3) is 11.7 Å². The van der Waals surface area contributed by atoms with Gasteiger partial charge in [0.15, 0.2) is 0 Å². The lowest BCUT2D eigenvalue weighted by molar-refractivity contribution is -0.132. The molecule has 7 heteroatoms. The summed E-state index contributed by atoms with van der Waals surface area (Å²) < 4.78 is 0. The molecule has 1 aliphatic rings. The Labute approximate surface area is 195 Å². The van der Waals surface area contributed by atoms with Crippen LogP contribution < -0.4 is 4.90 Å². The average molecular weight is 468 g/mol. The maximum Gasteiger partial charge on any atom is 0.300 e. The van der Waals surface area contributed by atoms with Crippen molar-refractivity contribution in [3.05, 3.63) is 98.5 Å². The fourth-order valence-corrected chi connectivity index (χ4v) is 4.04. The van der Waals surface area contributed by atoms with E-state index in [1.165, 1.54) is 35.2 Å². The summed E-state index contributed by atoms with van der Waals surface area (Å²) in [6.45, 7) is 3.87. The zero-order chi connectivity index (χ0) is 23.2. The van der Waals surface area contributed by atoms with Crippen LogP contribution in [0.5, 0.6) is 5.75 Å². The second-order valence-electron chi connectivity index (χ2n) is 7.66. The van der Waals surface area contributed by atoms with Crippen LogP contribution in [0.1, 0.15) is 28.3 Å². The Morgan fingerprint density at radius 3 is 2.19 bits per heavy atom. The van der Waals surface area contributed by atoms with Crippen molar-refractivity contribution >= 4 is 46.3 Å². The van der Waals surface area contributed by atoms with Gasteiger partial charge in [-0.1, -0.05) is 41.4 Å². The molecule has 1 atom stereocenters. The van der Waals surface area contributed by atoms with Gasteiger partial charge in [-0.15, -0.1) is 0 Å². The fourth-order valence-electron chi connectivity index (χ4n) is 3.75. The number of hydrogen-bond donors (Lipinski definition) is 2. The first-order valence-electron chi connectivity index (χ1n) is 9.81. The molecule has 2 N–H and O–H groups in total. The molecule has 0 bridgehead atoms. The molecule has 4 rings (SSSR count). The van der Waals surface area contributed by atoms with Crippen LogP contribution in [0.4, 0.5) is 5.69 Å². The lowest BCUT2D eigenvalue weighted by Gasteiger charge is -2.26. The standard InChI is InChI=1S/C25H19Cl2NO4/c1-13-3-7-17(11-14(13)2)28-22(15-4-8-18(29)9-5-15)21(24(31)25(28)32)23(30)16-6-10-19(26)20(27)12-16/h3-12,22,29-30H,1-2H3/b23-21+. The van der Waals surface area contributed by atoms with Crippen molar-refractivity contribution in [2.75, 3.05) is 4.90 Å². The molecule has 1 unspecified atom stereocenters. The van der Waals surface area contributed by atoms with Gasteiger partial charge in [0.1, 0.15) is 11.5 Å². The number of hydrogen-bond acceptors (Lipinski definition) is 4. The predicted octanol–water partition coefficient (Wildman–Crippen LogP) is 5.94. The largest absolute Gasteiger partial charge is 0.508 e. The van der Waals surface area contributed by atoms with Gasteiger partial charge >= 0.3 is 0 Å². The number of benzene rings is 3. The van der Waals surface area contributed by atoms with Gasteiger partial charge in [-0.2, -0.15) is 0 Å². The van der Waals surface area contributed by atoms with Crippen LogP contribution in [0, 0.1) is 13.8 Å². The van der Waals surface area contributed by atoms with Gasteiger partial charge < -0.3 is 10.2 Å². The zero-order valence-electron chi connectivity index (χ0n) is 17.3. The highest BCUT2D eigenvalue weighted by molar-refractivity contribution is 6.51. The van der Waals surface area contributed by atoms with Crippen molar-refractivity contribution < 1.29 is 19.8 Å². The van der Waals surface area contributed by atoms with Gasteiger partial charge in [0.05, 0.1) is 21.7 Å². The first-order chi connectivity index (χ1) is 15.2. The highest BCUT2D eigenvalue weighted by atomic mass is 35.5. The number of aliphatic hydroxyl groups is 1. The molecular weight excluding hydrogens is 449 g/mol. The molecule has 1 amide bonds. The Balaban J connectivity index is 1.96. The summed E-state index contributed by atoms with van der Waals surface area (Å²) in [5, 5.41) is 21.3. The Morgan fingerprint density at radius 1 is 0.875 bits per heavy atom. The molecule has 3 aromatic rings. The number of anilines is 1. The number of Topliss-reactive ketones (excluding diaryl/α,β-unsaturated/α-hetero) is 1. The fraction of sp³-hybridized carbons (Fsp3) is 0.120. The van der Waals surface area contributed by atoms with E-state index in [1.807, 2.05) is 26.0 Å². The number of nitrogens with zero attached hydrogens (tertiary/aromatic N) is 1. The normalized spacial score (nSPS) is 17.8. The number of aromatic hydroxyl groups is 1. The molecular formula is C25H19Cl2NO4. The van der Waals surface area contributed by atoms with Gasteiger partial charge in [-0.05, 0) is 73.0 Å². The van der Waals surface area contributed by atoms with Crippen LogP contribution in [0.3, 0.4) is 0 Å². The molecule has 1 saturated heterocycles. The van der Waals surface area contributed by atoms with E-state index in [-0.39, 0.29) is 27.7 Å². The van der Waals surface area contributed by atoms with Crippen molar-refractivity contribution in [3.8, 4) is 5.75 Å². The molecule has 162 valence electrons. The quantitative estimate of drug-likeness (QED) is 0.283. The van der Waals surface area contributed by atoms with E-state index in [9.17, 15) is 19.8 Å². The second-order valence-corrected chi connectivity index (χ2v) is 8.47. The number of aliphatic hydroxyl groups excluding tert-OH is 1. The summed E-state index contributed by atoms with van der Waals surface area (Å²) in [4.78, 5) is 27.7. The average Bonchev–Trinajstić information content (AvgIpc) is 3.03. The molecule has 32 heavy (non-hydrogen) atoms. The highest BCUT2D eigenvalue weighted by Gasteiger charge is 2.47. The summed E-state index contributed by atoms with van der Waals surface area (Å²) in [5.41, 5.74) is 3.28. The minimum absolute atomic E-state index is 0.0429. The molecule has 0 spiro atoms. The van der Waals surface area contributed by atoms with Crippen molar-refractivity contribution in [2.45, 2.75) is 19.9 Å². The minimum Gasteiger partial charge on any atom is -0.508 e. The van der Waals surface area contributed by atoms with E-state index < -0.39 is 17.7 Å². The number of ketones is 1. The molecule has 1 heterocycles. The lowest BCUT2D eigenvalue weighted by Crippen LogP contribution is -2.29. The van der Waals surface area contributed by atoms with E-state index in [0.717, 1.165) is 11.1 Å². The lowest BCUT2D eigenvalue weighted by atomic mass is 9.95. The van der Waals surface area contributed by atoms with Gasteiger partial charge in [-0.3, -0.25) is 14.5 Å². The predicted molar refractivity (Wildman–Crippen MR) is 125 cm³/mol. The number of rotatable bonds is 3. The Hall–Kier alpha value is -3.28. The van der Waals surface area contributed by atoms with Crippen LogP contribution in [-0.2, 0) is 9.59 Å². The molecule has 1 aliphatic heterocycles. The van der Waals surface area contributed by atoms with E-state index in [4.69, 9.17) is 23.2 Å². The maximum absolute atomic E-state index is 13.2. The Bertz CT molecular complexity index is 1280. The second kappa shape index (κ2) is 8.34. The minimum atomic E-state index is -0.896. The molecule has 0 aromatic heterocycles. The molecule has 0 radical (unpaired) electrons. The van der Waals surface area contributed by atoms with Gasteiger partial charge in [0, 0.05) is 11.3 Å². The number of phenols is 1. The summed E-state index contributed by atoms with van der Waals surface area (Å²) in [5.74, 6) is -1.88. The van der Waals surface area contributed by atoms with Crippen LogP contribution >= 0.6 is 23.2 Å². The third-order valence-electron chi connectivity index (χ3n) is 5.61. The zero-order valence-corrected chi connectivity index (χ0v) is 18.8. The van der Waals surface area contributed by atoms with E-state index in [0.29, 0.717) is 16.3 Å². The third kappa shape index (κ3) is 3.74. The van der Waals surface area contributed by atoms with Crippen LogP contribution in [-0.4, -0.2) is 21.9 Å². The number of halogens is 2. The molecule has 5 nitrogen and oxygen atoms in total. The van der Waals surface area contributed by atoms with Crippen molar-refractivity contribution in [1.29, 1.82) is 0 Å². The molecule has 1 fully saturated rings. The van der Waals surface area contributed by atoms with Crippen molar-refractivity contribution in [2.24, 2.45) is 0 Å². The number of carbonyl (C=O) groups is 2. The first kappa shape index (κ1) is 21.9. The van der Waals surface area contributed by atoms with Gasteiger partial charge in [-0.25, -0.2) is 0 Å². The van der Waals surface area contributed by atoms with Crippen molar-refractivity contribution in [3.63, 3.8) is 0 Å². The van der Waals surface area contributed by atoms with E-state index in [2.05, 4.69) is 0 Å². The van der Waals surface area contributed by atoms with E-state index >= 15 is 0 Å². The van der Waals surface area contributed by atoms with Crippen molar-refractivity contribution in [1.82, 2.24) is 0 Å². The van der Waals surface area contributed by atoms with Crippen LogP contribution in [0.25, 0.3) is 5.76 Å². The summed E-state index contributed by atoms with van der Waals surface area (Å²) in [6.07, 6.45) is 0. The van der Waals surface area contributed by atoms with Crippen LogP contribution in [0.15, 0.2) is 66.2 Å². The molecule has 0 saturated carbocycles. The number of aryl methyl sites for hydroxylation is 2. The number of phenolic OH excluding ortho intramolecular Hbond substituents is 1. The first-order valence-corrected chi connectivity index (χ1v) is 10.6. The third-order valence-corrected chi connectivity index (χ3v) is 6.35. The summed E-state index contributed by atoms with van der Waals surface area (Å²) >= 11 is 12.1. The SMILES string of the molecule is Cc1ccc(N2C(=O)C(=O)/C(=C(/O)c3ccc(Cl)c(Cl)c3)C2c2ccc(O)cc2)cc1C. The highest BCUT2D eigenvalue weighted by Crippen LogP contribution is 2.43. The monoisotopic (exact) mass is 467 g/mol. The molecule has 3 aromatic carbocycles. The van der Waals surface area contributed by atoms with E-state index in [1.54, 1.807) is 18.2 Å². The topological polar surface area (TPSA) is 77.8 Å².